The van der Waals surface area contributed by atoms with E-state index in [2.05, 4.69) is 0 Å². The Balaban J connectivity index is 0.00000121. The molecule has 0 aliphatic heterocycles. The Bertz CT molecular complexity index is 268. The molecule has 0 saturated heterocycles. The van der Waals surface area contributed by atoms with Crippen LogP contribution in [0.3, 0.4) is 0 Å². The number of carbonyl (C=O) groups is 1. The number of aromatic nitrogens is 1. The Labute approximate surface area is 73.9 Å². The van der Waals surface area contributed by atoms with E-state index in [0.29, 0.717) is 0 Å². The number of ketones is 1. The van der Waals surface area contributed by atoms with E-state index in [1.165, 1.54) is 0 Å². The van der Waals surface area contributed by atoms with Gasteiger partial charge in [0.05, 0.1) is 0 Å². The van der Waals surface area contributed by atoms with E-state index in [-0.39, 0.29) is 13.2 Å². The van der Waals surface area contributed by atoms with E-state index in [0.717, 1.165) is 12.2 Å². The number of Topliss-reactive ketones (excluding diaryl/α,β-unsaturated/α-hetero) is 1. The van der Waals surface area contributed by atoms with Gasteiger partial charge < -0.3 is 7.43 Å². The molecule has 2 heteroatoms. The quantitative estimate of drug-likeness (QED) is 0.371. The zero-order valence-electron chi connectivity index (χ0n) is 7.87. The molecule has 1 aromatic heterocycles. The van der Waals surface area contributed by atoms with Gasteiger partial charge in [-0.05, 0) is 13.0 Å². The normalized spacial score (nSPS) is 8.83. The van der Waals surface area contributed by atoms with Crippen LogP contribution in [0, 0.1) is 7.43 Å². The van der Waals surface area contributed by atoms with Crippen LogP contribution in [0.5, 0.6) is 0 Å². The first-order valence-electron chi connectivity index (χ1n) is 3.75. The number of hydrogen-bond acceptors (Lipinski definition) is 1. The van der Waals surface area contributed by atoms with Crippen molar-refractivity contribution in [2.75, 3.05) is 0 Å². The minimum atomic E-state index is 0. The molecule has 2 nitrogen and oxygen atoms in total. The van der Waals surface area contributed by atoms with E-state index in [1.807, 2.05) is 35.9 Å². The predicted molar refractivity (Wildman–Crippen MR) is 48.7 cm³/mol. The van der Waals surface area contributed by atoms with Gasteiger partial charge in [0.25, 0.3) is 0 Å². The lowest BCUT2D eigenvalue weighted by atomic mass is 10.2. The lowest BCUT2D eigenvalue weighted by molar-refractivity contribution is -0.695. The van der Waals surface area contributed by atoms with Gasteiger partial charge in [-0.15, -0.1) is 0 Å². The third-order valence-corrected chi connectivity index (χ3v) is 1.64. The van der Waals surface area contributed by atoms with Gasteiger partial charge in [0.1, 0.15) is 6.54 Å². The number of hydrogen-bond donors (Lipinski definition) is 0. The maximum absolute atomic E-state index is 11.0. The molecular formula is C10H15NO. The maximum Gasteiger partial charge on any atom is 0.248 e. The van der Waals surface area contributed by atoms with Crippen LogP contribution in [0.25, 0.3) is 0 Å². The van der Waals surface area contributed by atoms with Crippen molar-refractivity contribution in [3.8, 4) is 0 Å². The summed E-state index contributed by atoms with van der Waals surface area (Å²) in [5.74, 6) is 0.118. The second-order valence-electron chi connectivity index (χ2n) is 2.43. The Morgan fingerprint density at radius 1 is 1.50 bits per heavy atom. The number of rotatable bonds is 2. The van der Waals surface area contributed by atoms with Crippen LogP contribution in [0.1, 0.15) is 24.3 Å². The van der Waals surface area contributed by atoms with Crippen LogP contribution in [-0.2, 0) is 6.54 Å². The molecule has 1 aromatic rings. The fourth-order valence-electron chi connectivity index (χ4n) is 1.07. The smallest absolute Gasteiger partial charge is 0.248 e. The molecule has 0 aliphatic carbocycles. The van der Waals surface area contributed by atoms with Gasteiger partial charge in [-0.1, -0.05) is 0 Å². The fourth-order valence-corrected chi connectivity index (χ4v) is 1.07. The molecule has 12 heavy (non-hydrogen) atoms. The number of pyridine rings is 1. The summed E-state index contributed by atoms with van der Waals surface area (Å²) >= 11 is 0. The zero-order valence-corrected chi connectivity index (χ0v) is 7.87. The first kappa shape index (κ1) is 10.8. The second-order valence-corrected chi connectivity index (χ2v) is 2.43. The van der Waals surface area contributed by atoms with Crippen LogP contribution in [-0.4, -0.2) is 5.78 Å². The Hall–Kier alpha value is -1.18. The third-order valence-electron chi connectivity index (χ3n) is 1.64. The summed E-state index contributed by atoms with van der Waals surface area (Å²) in [6, 6.07) is 5.64. The van der Waals surface area contributed by atoms with Gasteiger partial charge in [-0.2, -0.15) is 4.57 Å². The summed E-state index contributed by atoms with van der Waals surface area (Å²) in [6.07, 6.45) is 1.91. The molecule has 0 fully saturated rings. The molecule has 0 N–H and O–H groups in total. The summed E-state index contributed by atoms with van der Waals surface area (Å²) in [4.78, 5) is 11.0. The summed E-state index contributed by atoms with van der Waals surface area (Å²) < 4.78 is 1.93. The molecule has 0 bridgehead atoms. The number of carbonyl (C=O) groups excluding carboxylic acids is 1. The molecule has 0 saturated carbocycles. The number of nitrogens with zero attached hydrogens (tertiary/aromatic N) is 1. The topological polar surface area (TPSA) is 20.9 Å². The molecule has 0 atom stereocenters. The van der Waals surface area contributed by atoms with Crippen molar-refractivity contribution in [2.45, 2.75) is 20.4 Å². The summed E-state index contributed by atoms with van der Waals surface area (Å²) in [5.41, 5.74) is 0.773. The van der Waals surface area contributed by atoms with Crippen molar-refractivity contribution in [3.05, 3.63) is 37.5 Å². The van der Waals surface area contributed by atoms with Crippen molar-refractivity contribution in [2.24, 2.45) is 0 Å². The predicted octanol–water partition coefficient (Wildman–Crippen LogP) is 1.65. The second kappa shape index (κ2) is 4.65. The first-order valence-corrected chi connectivity index (χ1v) is 3.75. The van der Waals surface area contributed by atoms with E-state index in [9.17, 15) is 4.79 Å². The maximum atomic E-state index is 11.0. The molecule has 0 radical (unpaired) electrons. The molecule has 0 spiro atoms. The Kier molecular flexibility index (Phi) is 4.19. The van der Waals surface area contributed by atoms with Gasteiger partial charge in [0.15, 0.2) is 6.20 Å². The molecule has 1 rings (SSSR count). The van der Waals surface area contributed by atoms with Gasteiger partial charge in [0.2, 0.25) is 11.5 Å². The largest absolute Gasteiger partial charge is 0.358 e. The van der Waals surface area contributed by atoms with Crippen LogP contribution in [0.15, 0.2) is 24.4 Å². The lowest BCUT2D eigenvalue weighted by Crippen LogP contribution is -2.38. The van der Waals surface area contributed by atoms with E-state index in [1.54, 1.807) is 6.92 Å². The number of aryl methyl sites for hydroxylation is 1. The van der Waals surface area contributed by atoms with Gasteiger partial charge in [-0.3, -0.25) is 4.79 Å². The SMILES string of the molecule is CC[n+]1ccccc1C(C)=O.[CH3-]. The van der Waals surface area contributed by atoms with Gasteiger partial charge >= 0.3 is 0 Å². The molecule has 1 heterocycles. The first-order chi connectivity index (χ1) is 5.25. The van der Waals surface area contributed by atoms with E-state index >= 15 is 0 Å². The third kappa shape index (κ3) is 2.16. The minimum Gasteiger partial charge on any atom is -0.358 e. The van der Waals surface area contributed by atoms with Crippen molar-refractivity contribution < 1.29 is 9.36 Å². The van der Waals surface area contributed by atoms with Gasteiger partial charge in [0, 0.05) is 19.1 Å². The van der Waals surface area contributed by atoms with Crippen molar-refractivity contribution in [1.82, 2.24) is 0 Å². The molecule has 66 valence electrons. The molecule has 0 unspecified atom stereocenters. The molecule has 0 aromatic carbocycles. The monoisotopic (exact) mass is 165 g/mol. The van der Waals surface area contributed by atoms with Crippen LogP contribution >= 0.6 is 0 Å². The molecule has 0 amide bonds. The Morgan fingerprint density at radius 2 is 2.17 bits per heavy atom. The lowest BCUT2D eigenvalue weighted by Gasteiger charge is -1.95. The van der Waals surface area contributed by atoms with Crippen molar-refractivity contribution in [1.29, 1.82) is 0 Å². The fraction of sp³-hybridized carbons (Fsp3) is 0.300. The summed E-state index contributed by atoms with van der Waals surface area (Å²) in [6.45, 7) is 4.45. The van der Waals surface area contributed by atoms with E-state index < -0.39 is 0 Å². The Morgan fingerprint density at radius 3 is 2.58 bits per heavy atom. The van der Waals surface area contributed by atoms with Crippen molar-refractivity contribution in [3.63, 3.8) is 0 Å². The van der Waals surface area contributed by atoms with Gasteiger partial charge in [-0.25, -0.2) is 0 Å². The van der Waals surface area contributed by atoms with Crippen LogP contribution in [0.4, 0.5) is 0 Å². The highest BCUT2D eigenvalue weighted by molar-refractivity contribution is 5.90. The minimum absolute atomic E-state index is 0. The molecule has 0 aliphatic rings. The van der Waals surface area contributed by atoms with Crippen LogP contribution < -0.4 is 4.57 Å². The summed E-state index contributed by atoms with van der Waals surface area (Å²) in [5, 5.41) is 0. The highest BCUT2D eigenvalue weighted by atomic mass is 16.1. The molecular weight excluding hydrogens is 150 g/mol. The zero-order chi connectivity index (χ0) is 8.27. The standard InChI is InChI=1S/C9H12NO.CH3/c1-3-10-7-5-4-6-9(10)8(2)11;/h4-7H,3H2,1-2H3;1H3/q+1;-1. The average Bonchev–Trinajstić information content (AvgIpc) is 2.04. The summed E-state index contributed by atoms with van der Waals surface area (Å²) in [7, 11) is 0. The highest BCUT2D eigenvalue weighted by Crippen LogP contribution is 1.91. The van der Waals surface area contributed by atoms with E-state index in [4.69, 9.17) is 0 Å². The van der Waals surface area contributed by atoms with Crippen LogP contribution in [0.2, 0.25) is 0 Å². The highest BCUT2D eigenvalue weighted by Gasteiger charge is 2.10. The van der Waals surface area contributed by atoms with Crippen molar-refractivity contribution >= 4 is 5.78 Å². The average molecular weight is 165 g/mol.